The average Bonchev–Trinajstić information content (AvgIpc) is 3.37. The van der Waals surface area contributed by atoms with Crippen LogP contribution in [0.5, 0.6) is 0 Å². The van der Waals surface area contributed by atoms with Crippen LogP contribution in [0.3, 0.4) is 0 Å². The van der Waals surface area contributed by atoms with Crippen molar-refractivity contribution >= 4 is 5.91 Å². The SMILES string of the molecule is Cn1ccnc1C(=O)N1CCCC1C(O)(c1ccccc1)c1ccccc1. The fourth-order valence-electron chi connectivity index (χ4n) is 4.08. The summed E-state index contributed by atoms with van der Waals surface area (Å²) in [6.45, 7) is 0.609. The number of nitrogens with zero attached hydrogens (tertiary/aromatic N) is 3. The van der Waals surface area contributed by atoms with E-state index in [0.29, 0.717) is 12.4 Å². The molecule has 0 bridgehead atoms. The highest BCUT2D eigenvalue weighted by atomic mass is 16.3. The van der Waals surface area contributed by atoms with Gasteiger partial charge in [0.2, 0.25) is 0 Å². The topological polar surface area (TPSA) is 58.4 Å². The molecule has 1 unspecified atom stereocenters. The molecule has 0 saturated carbocycles. The van der Waals surface area contributed by atoms with Crippen LogP contribution in [-0.2, 0) is 12.6 Å². The van der Waals surface area contributed by atoms with Crippen molar-refractivity contribution in [1.29, 1.82) is 0 Å². The van der Waals surface area contributed by atoms with Gasteiger partial charge in [0.25, 0.3) is 5.91 Å². The summed E-state index contributed by atoms with van der Waals surface area (Å²) < 4.78 is 1.72. The Morgan fingerprint density at radius 2 is 1.67 bits per heavy atom. The average molecular weight is 361 g/mol. The molecule has 0 radical (unpaired) electrons. The van der Waals surface area contributed by atoms with Crippen molar-refractivity contribution in [3.63, 3.8) is 0 Å². The predicted molar refractivity (Wildman–Crippen MR) is 103 cm³/mol. The molecular formula is C22H23N3O2. The van der Waals surface area contributed by atoms with Crippen LogP contribution >= 0.6 is 0 Å². The molecule has 2 aromatic carbocycles. The summed E-state index contributed by atoms with van der Waals surface area (Å²) in [5.41, 5.74) is 0.307. The minimum atomic E-state index is -1.28. The van der Waals surface area contributed by atoms with Crippen LogP contribution in [-0.4, -0.2) is 38.1 Å². The summed E-state index contributed by atoms with van der Waals surface area (Å²) >= 11 is 0. The summed E-state index contributed by atoms with van der Waals surface area (Å²) in [4.78, 5) is 19.2. The van der Waals surface area contributed by atoms with Gasteiger partial charge in [-0.3, -0.25) is 4.79 Å². The molecule has 27 heavy (non-hydrogen) atoms. The Hall–Kier alpha value is -2.92. The number of aryl methyl sites for hydroxylation is 1. The molecule has 5 heteroatoms. The van der Waals surface area contributed by atoms with Gasteiger partial charge in [0.15, 0.2) is 5.82 Å². The number of rotatable bonds is 4. The largest absolute Gasteiger partial charge is 0.378 e. The summed E-state index contributed by atoms with van der Waals surface area (Å²) in [5, 5.41) is 12.0. The molecule has 1 aliphatic rings. The third kappa shape index (κ3) is 2.94. The van der Waals surface area contributed by atoms with Gasteiger partial charge in [-0.15, -0.1) is 0 Å². The zero-order valence-electron chi connectivity index (χ0n) is 15.3. The second kappa shape index (κ2) is 7.00. The quantitative estimate of drug-likeness (QED) is 0.777. The summed E-state index contributed by atoms with van der Waals surface area (Å²) in [7, 11) is 1.81. The first-order chi connectivity index (χ1) is 13.1. The standard InChI is InChI=1S/C22H23N3O2/c1-24-16-14-23-20(24)21(26)25-15-8-13-19(25)22(27,17-9-4-2-5-10-17)18-11-6-3-7-12-18/h2-7,9-12,14,16,19,27H,8,13,15H2,1H3. The summed E-state index contributed by atoms with van der Waals surface area (Å²) in [5.74, 6) is 0.251. The third-order valence-electron chi connectivity index (χ3n) is 5.44. The van der Waals surface area contributed by atoms with Gasteiger partial charge in [0, 0.05) is 26.0 Å². The Morgan fingerprint density at radius 1 is 1.07 bits per heavy atom. The molecule has 4 rings (SSSR count). The summed E-state index contributed by atoms with van der Waals surface area (Å²) in [6, 6.07) is 18.9. The lowest BCUT2D eigenvalue weighted by Gasteiger charge is -2.40. The Balaban J connectivity index is 1.80. The van der Waals surface area contributed by atoms with Gasteiger partial charge >= 0.3 is 0 Å². The van der Waals surface area contributed by atoms with E-state index >= 15 is 0 Å². The number of hydrogen-bond donors (Lipinski definition) is 1. The van der Waals surface area contributed by atoms with Crippen molar-refractivity contribution in [1.82, 2.24) is 14.5 Å². The molecule has 5 nitrogen and oxygen atoms in total. The molecule has 0 spiro atoms. The first kappa shape index (κ1) is 17.5. The van der Waals surface area contributed by atoms with Crippen molar-refractivity contribution in [3.05, 3.63) is 90.0 Å². The van der Waals surface area contributed by atoms with E-state index in [1.165, 1.54) is 0 Å². The van der Waals surface area contributed by atoms with Crippen LogP contribution in [0, 0.1) is 0 Å². The highest BCUT2D eigenvalue weighted by Gasteiger charge is 2.47. The maximum atomic E-state index is 13.2. The van der Waals surface area contributed by atoms with E-state index in [4.69, 9.17) is 0 Å². The Morgan fingerprint density at radius 3 is 2.19 bits per heavy atom. The number of amides is 1. The molecule has 1 atom stereocenters. The number of likely N-dealkylation sites (tertiary alicyclic amines) is 1. The van der Waals surface area contributed by atoms with Crippen molar-refractivity contribution in [2.45, 2.75) is 24.5 Å². The van der Waals surface area contributed by atoms with E-state index in [-0.39, 0.29) is 11.9 Å². The van der Waals surface area contributed by atoms with Gasteiger partial charge in [0.05, 0.1) is 6.04 Å². The summed E-state index contributed by atoms with van der Waals surface area (Å²) in [6.07, 6.45) is 4.97. The molecule has 1 N–H and O–H groups in total. The van der Waals surface area contributed by atoms with Crippen LogP contribution in [0.25, 0.3) is 0 Å². The third-order valence-corrected chi connectivity index (χ3v) is 5.44. The van der Waals surface area contributed by atoms with Crippen molar-refractivity contribution in [2.75, 3.05) is 6.54 Å². The smallest absolute Gasteiger partial charge is 0.290 e. The second-order valence-corrected chi connectivity index (χ2v) is 7.02. The number of benzene rings is 2. The van der Waals surface area contributed by atoms with E-state index in [2.05, 4.69) is 4.98 Å². The van der Waals surface area contributed by atoms with Gasteiger partial charge in [0.1, 0.15) is 5.60 Å². The number of carbonyl (C=O) groups excluding carboxylic acids is 1. The molecule has 1 aromatic heterocycles. The number of hydrogen-bond acceptors (Lipinski definition) is 3. The fourth-order valence-corrected chi connectivity index (χ4v) is 4.08. The Labute approximate surface area is 158 Å². The van der Waals surface area contributed by atoms with E-state index in [9.17, 15) is 9.90 Å². The molecule has 3 aromatic rings. The van der Waals surface area contributed by atoms with Gasteiger partial charge in [-0.2, -0.15) is 0 Å². The van der Waals surface area contributed by atoms with Crippen LogP contribution in [0.1, 0.15) is 34.6 Å². The lowest BCUT2D eigenvalue weighted by molar-refractivity contribution is -0.00130. The molecule has 1 amide bonds. The first-order valence-corrected chi connectivity index (χ1v) is 9.24. The molecule has 1 aliphatic heterocycles. The molecular weight excluding hydrogens is 338 g/mol. The normalized spacial score (nSPS) is 17.3. The van der Waals surface area contributed by atoms with Gasteiger partial charge in [-0.05, 0) is 24.0 Å². The minimum absolute atomic E-state index is 0.143. The molecule has 2 heterocycles. The highest BCUT2D eigenvalue weighted by molar-refractivity contribution is 5.91. The number of imidazole rings is 1. The fraction of sp³-hybridized carbons (Fsp3) is 0.273. The van der Waals surface area contributed by atoms with Crippen LogP contribution in [0.2, 0.25) is 0 Å². The monoisotopic (exact) mass is 361 g/mol. The lowest BCUT2D eigenvalue weighted by Crippen LogP contribution is -2.50. The van der Waals surface area contributed by atoms with Gasteiger partial charge in [-0.1, -0.05) is 60.7 Å². The number of aliphatic hydroxyl groups is 1. The Kier molecular flexibility index (Phi) is 4.54. The van der Waals surface area contributed by atoms with Crippen LogP contribution < -0.4 is 0 Å². The second-order valence-electron chi connectivity index (χ2n) is 7.02. The number of carbonyl (C=O) groups is 1. The van der Waals surface area contributed by atoms with Crippen molar-refractivity contribution in [3.8, 4) is 0 Å². The highest BCUT2D eigenvalue weighted by Crippen LogP contribution is 2.40. The maximum Gasteiger partial charge on any atom is 0.290 e. The van der Waals surface area contributed by atoms with Crippen LogP contribution in [0.15, 0.2) is 73.1 Å². The van der Waals surface area contributed by atoms with Gasteiger partial charge in [-0.25, -0.2) is 4.98 Å². The number of aromatic nitrogens is 2. The predicted octanol–water partition coefficient (Wildman–Crippen LogP) is 2.96. The van der Waals surface area contributed by atoms with Gasteiger partial charge < -0.3 is 14.6 Å². The molecule has 0 aliphatic carbocycles. The first-order valence-electron chi connectivity index (χ1n) is 9.24. The lowest BCUT2D eigenvalue weighted by atomic mass is 9.79. The molecule has 138 valence electrons. The molecule has 1 fully saturated rings. The van der Waals surface area contributed by atoms with E-state index in [1.54, 1.807) is 21.9 Å². The maximum absolute atomic E-state index is 13.2. The van der Waals surface area contributed by atoms with E-state index in [0.717, 1.165) is 24.0 Å². The molecule has 1 saturated heterocycles. The minimum Gasteiger partial charge on any atom is -0.378 e. The van der Waals surface area contributed by atoms with Crippen molar-refractivity contribution < 1.29 is 9.90 Å². The van der Waals surface area contributed by atoms with Crippen LogP contribution in [0.4, 0.5) is 0 Å². The zero-order valence-corrected chi connectivity index (χ0v) is 15.3. The van der Waals surface area contributed by atoms with E-state index < -0.39 is 5.60 Å². The Bertz CT molecular complexity index is 882. The zero-order chi connectivity index (χ0) is 18.9. The van der Waals surface area contributed by atoms with Crippen molar-refractivity contribution in [2.24, 2.45) is 7.05 Å². The van der Waals surface area contributed by atoms with E-state index in [1.807, 2.05) is 67.7 Å².